The van der Waals surface area contributed by atoms with Gasteiger partial charge in [-0.15, -0.1) is 0 Å². The van der Waals surface area contributed by atoms with Gasteiger partial charge in [0.1, 0.15) is 11.4 Å². The number of carbonyl (C=O) groups is 1. The molecule has 0 spiro atoms. The van der Waals surface area contributed by atoms with Gasteiger partial charge in [0.25, 0.3) is 0 Å². The standard InChI is InChI=1S/C14H19FN4O2/c1-14(2,3)21-13(20)18-8-9-5-10(7-11(15)6-9)12(17-4)19-16/h5-7H,4,8,16H2,1-3H3,(H,18,20)/b19-12-. The lowest BCUT2D eigenvalue weighted by molar-refractivity contribution is 0.0523. The number of hydrazone groups is 1. The molecule has 1 aromatic rings. The third-order valence-electron chi connectivity index (χ3n) is 2.32. The third kappa shape index (κ3) is 5.60. The Morgan fingerprint density at radius 2 is 2.10 bits per heavy atom. The van der Waals surface area contributed by atoms with E-state index in [1.165, 1.54) is 12.1 Å². The fourth-order valence-corrected chi connectivity index (χ4v) is 1.58. The summed E-state index contributed by atoms with van der Waals surface area (Å²) in [5, 5.41) is 5.95. The van der Waals surface area contributed by atoms with Crippen LogP contribution in [-0.4, -0.2) is 24.2 Å². The predicted octanol–water partition coefficient (Wildman–Crippen LogP) is 2.17. The Morgan fingerprint density at radius 1 is 1.43 bits per heavy atom. The van der Waals surface area contributed by atoms with Crippen LogP contribution in [0.4, 0.5) is 9.18 Å². The van der Waals surface area contributed by atoms with Crippen molar-refractivity contribution in [3.05, 3.63) is 35.1 Å². The van der Waals surface area contributed by atoms with Gasteiger partial charge in [-0.05, 0) is 51.3 Å². The van der Waals surface area contributed by atoms with Crippen LogP contribution in [0.15, 0.2) is 28.3 Å². The number of halogens is 1. The molecule has 1 amide bonds. The van der Waals surface area contributed by atoms with Crippen LogP contribution in [0.2, 0.25) is 0 Å². The summed E-state index contributed by atoms with van der Waals surface area (Å²) in [4.78, 5) is 15.1. The van der Waals surface area contributed by atoms with Crippen LogP contribution in [0.5, 0.6) is 0 Å². The van der Waals surface area contributed by atoms with Crippen molar-refractivity contribution in [1.29, 1.82) is 0 Å². The number of carbonyl (C=O) groups excluding carboxylic acids is 1. The van der Waals surface area contributed by atoms with Crippen molar-refractivity contribution in [1.82, 2.24) is 5.32 Å². The minimum Gasteiger partial charge on any atom is -0.444 e. The van der Waals surface area contributed by atoms with Crippen molar-refractivity contribution in [2.45, 2.75) is 32.9 Å². The molecule has 0 fully saturated rings. The molecular weight excluding hydrogens is 275 g/mol. The normalized spacial score (nSPS) is 11.9. The number of aliphatic imine (C=N–C) groups is 1. The molecule has 0 aromatic heterocycles. The molecule has 114 valence electrons. The molecule has 1 rings (SSSR count). The number of alkyl carbamates (subject to hydrolysis) is 1. The molecule has 0 bridgehead atoms. The van der Waals surface area contributed by atoms with Crippen LogP contribution >= 0.6 is 0 Å². The molecule has 0 saturated heterocycles. The number of ether oxygens (including phenoxy) is 1. The van der Waals surface area contributed by atoms with Crippen LogP contribution < -0.4 is 11.2 Å². The van der Waals surface area contributed by atoms with E-state index in [2.05, 4.69) is 22.1 Å². The Labute approximate surface area is 122 Å². The summed E-state index contributed by atoms with van der Waals surface area (Å²) in [6.07, 6.45) is -0.581. The van der Waals surface area contributed by atoms with Crippen LogP contribution in [0, 0.1) is 5.82 Å². The highest BCUT2D eigenvalue weighted by atomic mass is 19.1. The number of nitrogens with two attached hydrogens (primary N) is 1. The number of rotatable bonds is 3. The zero-order chi connectivity index (χ0) is 16.0. The minimum atomic E-state index is -0.594. The largest absolute Gasteiger partial charge is 0.444 e. The van der Waals surface area contributed by atoms with E-state index in [9.17, 15) is 9.18 Å². The predicted molar refractivity (Wildman–Crippen MR) is 79.7 cm³/mol. The lowest BCUT2D eigenvalue weighted by Crippen LogP contribution is -2.32. The number of amidine groups is 1. The molecule has 0 aliphatic rings. The smallest absolute Gasteiger partial charge is 0.407 e. The highest BCUT2D eigenvalue weighted by Crippen LogP contribution is 2.12. The Kier molecular flexibility index (Phi) is 5.40. The van der Waals surface area contributed by atoms with Crippen molar-refractivity contribution >= 4 is 18.6 Å². The number of nitrogens with one attached hydrogen (secondary N) is 1. The molecule has 0 heterocycles. The Morgan fingerprint density at radius 3 is 2.62 bits per heavy atom. The van der Waals surface area contributed by atoms with Crippen molar-refractivity contribution in [3.8, 4) is 0 Å². The second-order valence-corrected chi connectivity index (χ2v) is 5.31. The van der Waals surface area contributed by atoms with Crippen LogP contribution in [0.1, 0.15) is 31.9 Å². The summed E-state index contributed by atoms with van der Waals surface area (Å²) in [5.74, 6) is 4.78. The first-order chi connectivity index (χ1) is 9.75. The van der Waals surface area contributed by atoms with Crippen LogP contribution in [-0.2, 0) is 11.3 Å². The van der Waals surface area contributed by atoms with Crippen molar-refractivity contribution in [2.24, 2.45) is 15.9 Å². The first-order valence-electron chi connectivity index (χ1n) is 6.26. The molecule has 3 N–H and O–H groups in total. The Balaban J connectivity index is 2.81. The molecule has 0 atom stereocenters. The first-order valence-corrected chi connectivity index (χ1v) is 6.26. The van der Waals surface area contributed by atoms with Gasteiger partial charge >= 0.3 is 6.09 Å². The topological polar surface area (TPSA) is 89.1 Å². The minimum absolute atomic E-state index is 0.106. The Bertz CT molecular complexity index is 565. The van der Waals surface area contributed by atoms with E-state index in [1.807, 2.05) is 0 Å². The molecule has 7 heteroatoms. The summed E-state index contributed by atoms with van der Waals surface area (Å²) in [6.45, 7) is 8.68. The fraction of sp³-hybridized carbons (Fsp3) is 0.357. The SMILES string of the molecule is C=N/C(=N\N)c1cc(F)cc(CNC(=O)OC(C)(C)C)c1. The fourth-order valence-electron chi connectivity index (χ4n) is 1.58. The molecule has 0 radical (unpaired) electrons. The molecule has 0 aliphatic carbocycles. The first kappa shape index (κ1) is 16.6. The van der Waals surface area contributed by atoms with E-state index in [0.717, 1.165) is 0 Å². The van der Waals surface area contributed by atoms with Crippen molar-refractivity contribution in [3.63, 3.8) is 0 Å². The molecule has 6 nitrogen and oxygen atoms in total. The zero-order valence-electron chi connectivity index (χ0n) is 12.3. The molecule has 0 unspecified atom stereocenters. The number of nitrogens with zero attached hydrogens (tertiary/aromatic N) is 2. The molecule has 0 aliphatic heterocycles. The highest BCUT2D eigenvalue weighted by Gasteiger charge is 2.16. The van der Waals surface area contributed by atoms with E-state index < -0.39 is 17.5 Å². The monoisotopic (exact) mass is 294 g/mol. The lowest BCUT2D eigenvalue weighted by Gasteiger charge is -2.19. The van der Waals surface area contributed by atoms with Gasteiger partial charge in [-0.2, -0.15) is 5.10 Å². The van der Waals surface area contributed by atoms with Gasteiger partial charge in [-0.25, -0.2) is 14.2 Å². The van der Waals surface area contributed by atoms with E-state index in [4.69, 9.17) is 10.6 Å². The van der Waals surface area contributed by atoms with Gasteiger partial charge in [0.05, 0.1) is 0 Å². The number of amides is 1. The molecular formula is C14H19FN4O2. The lowest BCUT2D eigenvalue weighted by atomic mass is 10.1. The van der Waals surface area contributed by atoms with Crippen LogP contribution in [0.25, 0.3) is 0 Å². The molecule has 1 aromatic carbocycles. The van der Waals surface area contributed by atoms with Gasteiger partial charge in [0.2, 0.25) is 0 Å². The quantitative estimate of drug-likeness (QED) is 0.387. The molecule has 21 heavy (non-hydrogen) atoms. The number of hydrogen-bond donors (Lipinski definition) is 2. The number of benzene rings is 1. The van der Waals surface area contributed by atoms with Crippen LogP contribution in [0.3, 0.4) is 0 Å². The molecule has 0 saturated carbocycles. The van der Waals surface area contributed by atoms with E-state index >= 15 is 0 Å². The second-order valence-electron chi connectivity index (χ2n) is 5.31. The summed E-state index contributed by atoms with van der Waals surface area (Å²) in [5.41, 5.74) is 0.317. The third-order valence-corrected chi connectivity index (χ3v) is 2.32. The number of hydrogen-bond acceptors (Lipinski definition) is 4. The summed E-state index contributed by atoms with van der Waals surface area (Å²) >= 11 is 0. The van der Waals surface area contributed by atoms with Gasteiger partial charge < -0.3 is 15.9 Å². The summed E-state index contributed by atoms with van der Waals surface area (Å²) in [6, 6.07) is 4.14. The highest BCUT2D eigenvalue weighted by molar-refractivity contribution is 6.01. The van der Waals surface area contributed by atoms with E-state index in [-0.39, 0.29) is 12.4 Å². The van der Waals surface area contributed by atoms with Gasteiger partial charge in [0.15, 0.2) is 5.84 Å². The van der Waals surface area contributed by atoms with E-state index in [1.54, 1.807) is 26.8 Å². The average molecular weight is 294 g/mol. The zero-order valence-corrected chi connectivity index (χ0v) is 12.3. The maximum Gasteiger partial charge on any atom is 0.407 e. The maximum absolute atomic E-state index is 13.6. The van der Waals surface area contributed by atoms with Crippen molar-refractivity contribution in [2.75, 3.05) is 0 Å². The Hall–Kier alpha value is -2.44. The summed E-state index contributed by atoms with van der Waals surface area (Å²) in [7, 11) is 0. The van der Waals surface area contributed by atoms with E-state index in [0.29, 0.717) is 11.1 Å². The average Bonchev–Trinajstić information content (AvgIpc) is 2.35. The maximum atomic E-state index is 13.6. The second kappa shape index (κ2) is 6.83. The van der Waals surface area contributed by atoms with Crippen molar-refractivity contribution < 1.29 is 13.9 Å². The van der Waals surface area contributed by atoms with Gasteiger partial charge in [-0.3, -0.25) is 0 Å². The summed E-state index contributed by atoms with van der Waals surface area (Å²) < 4.78 is 18.6. The van der Waals surface area contributed by atoms with Gasteiger partial charge in [-0.1, -0.05) is 0 Å². The van der Waals surface area contributed by atoms with Gasteiger partial charge in [0, 0.05) is 12.1 Å².